The zero-order valence-electron chi connectivity index (χ0n) is 19.4. The van der Waals surface area contributed by atoms with Crippen molar-refractivity contribution in [2.75, 3.05) is 25.5 Å². The summed E-state index contributed by atoms with van der Waals surface area (Å²) in [6.07, 6.45) is 0. The van der Waals surface area contributed by atoms with Crippen LogP contribution >= 0.6 is 0 Å². The summed E-state index contributed by atoms with van der Waals surface area (Å²) in [4.78, 5) is 38.2. The summed E-state index contributed by atoms with van der Waals surface area (Å²) < 4.78 is 0. The molecule has 9 heteroatoms. The maximum Gasteiger partial charge on any atom is 0.267 e. The number of nitrogens with one attached hydrogen (secondary N) is 3. The Balaban J connectivity index is 1.55. The minimum Gasteiger partial charge on any atom is -0.339 e. The minimum atomic E-state index is -1.03. The minimum absolute atomic E-state index is 0.0998. The Hall–Kier alpha value is -4.05. The molecule has 0 aliphatic carbocycles. The van der Waals surface area contributed by atoms with Gasteiger partial charge in [0.15, 0.2) is 0 Å². The number of nitrogens with two attached hydrogens (primary N) is 1. The predicted molar refractivity (Wildman–Crippen MR) is 134 cm³/mol. The lowest BCUT2D eigenvalue weighted by molar-refractivity contribution is -0.130. The topological polar surface area (TPSA) is 137 Å². The molecule has 0 saturated carbocycles. The first kappa shape index (κ1) is 25.6. The quantitative estimate of drug-likeness (QED) is 0.225. The van der Waals surface area contributed by atoms with E-state index in [1.54, 1.807) is 24.3 Å². The SMILES string of the molecule is CN(CC(=O)Nc1ccc(-c2ccc(C(=O)N[C@@H](CN)C(=O)NO)cc2)cc1)Cc1ccccc1. The van der Waals surface area contributed by atoms with Gasteiger partial charge >= 0.3 is 0 Å². The number of hydrogen-bond acceptors (Lipinski definition) is 6. The highest BCUT2D eigenvalue weighted by Gasteiger charge is 2.19. The molecule has 35 heavy (non-hydrogen) atoms. The predicted octanol–water partition coefficient (Wildman–Crippen LogP) is 1.99. The number of carbonyl (C=O) groups is 3. The van der Waals surface area contributed by atoms with Crippen molar-refractivity contribution in [3.05, 3.63) is 90.0 Å². The maximum absolute atomic E-state index is 12.4. The van der Waals surface area contributed by atoms with Crippen LogP contribution in [-0.4, -0.2) is 54.0 Å². The summed E-state index contributed by atoms with van der Waals surface area (Å²) in [5.41, 5.74) is 10.9. The van der Waals surface area contributed by atoms with Gasteiger partial charge < -0.3 is 16.4 Å². The normalized spacial score (nSPS) is 11.5. The van der Waals surface area contributed by atoms with Crippen molar-refractivity contribution >= 4 is 23.4 Å². The molecule has 0 heterocycles. The van der Waals surface area contributed by atoms with Crippen LogP contribution in [0, 0.1) is 0 Å². The molecule has 182 valence electrons. The van der Waals surface area contributed by atoms with E-state index >= 15 is 0 Å². The van der Waals surface area contributed by atoms with Gasteiger partial charge in [-0.25, -0.2) is 5.48 Å². The zero-order chi connectivity index (χ0) is 25.2. The van der Waals surface area contributed by atoms with Crippen LogP contribution in [0.2, 0.25) is 0 Å². The van der Waals surface area contributed by atoms with E-state index in [0.717, 1.165) is 16.7 Å². The maximum atomic E-state index is 12.4. The van der Waals surface area contributed by atoms with Crippen LogP contribution in [0.15, 0.2) is 78.9 Å². The Labute approximate surface area is 203 Å². The van der Waals surface area contributed by atoms with Gasteiger partial charge in [0.25, 0.3) is 11.8 Å². The first-order valence-electron chi connectivity index (χ1n) is 11.1. The van der Waals surface area contributed by atoms with Crippen LogP contribution in [-0.2, 0) is 16.1 Å². The fourth-order valence-electron chi connectivity index (χ4n) is 3.51. The lowest BCUT2D eigenvalue weighted by atomic mass is 10.0. The van der Waals surface area contributed by atoms with E-state index in [1.165, 1.54) is 5.48 Å². The van der Waals surface area contributed by atoms with Gasteiger partial charge in [0.05, 0.1) is 6.54 Å². The molecule has 3 amide bonds. The van der Waals surface area contributed by atoms with Gasteiger partial charge in [-0.1, -0.05) is 54.6 Å². The van der Waals surface area contributed by atoms with Gasteiger partial charge in [0.1, 0.15) is 6.04 Å². The van der Waals surface area contributed by atoms with Gasteiger partial charge in [-0.05, 0) is 48.0 Å². The molecule has 0 saturated heterocycles. The molecule has 1 atom stereocenters. The number of hydrogen-bond donors (Lipinski definition) is 5. The lowest BCUT2D eigenvalue weighted by Crippen LogP contribution is -2.50. The van der Waals surface area contributed by atoms with E-state index in [-0.39, 0.29) is 19.0 Å². The number of likely N-dealkylation sites (N-methyl/N-ethyl adjacent to an activating group) is 1. The summed E-state index contributed by atoms with van der Waals surface area (Å²) in [7, 11) is 1.90. The third-order valence-corrected chi connectivity index (χ3v) is 5.33. The van der Waals surface area contributed by atoms with Crippen LogP contribution in [0.5, 0.6) is 0 Å². The van der Waals surface area contributed by atoms with E-state index in [1.807, 2.05) is 66.5 Å². The Morgan fingerprint density at radius 1 is 0.914 bits per heavy atom. The van der Waals surface area contributed by atoms with E-state index in [0.29, 0.717) is 17.8 Å². The molecule has 0 aliphatic heterocycles. The number of benzene rings is 3. The number of nitrogens with zero attached hydrogens (tertiary/aromatic N) is 1. The van der Waals surface area contributed by atoms with Crippen molar-refractivity contribution in [3.8, 4) is 11.1 Å². The summed E-state index contributed by atoms with van der Waals surface area (Å²) >= 11 is 0. The first-order chi connectivity index (χ1) is 16.9. The van der Waals surface area contributed by atoms with Crippen molar-refractivity contribution in [2.45, 2.75) is 12.6 Å². The fraction of sp³-hybridized carbons (Fsp3) is 0.192. The summed E-state index contributed by atoms with van der Waals surface area (Å²) in [5.74, 6) is -1.37. The number of amides is 3. The van der Waals surface area contributed by atoms with E-state index in [2.05, 4.69) is 10.6 Å². The number of hydroxylamine groups is 1. The molecule has 0 unspecified atom stereocenters. The number of carbonyl (C=O) groups excluding carboxylic acids is 3. The Kier molecular flexibility index (Phi) is 9.08. The van der Waals surface area contributed by atoms with Crippen LogP contribution in [0.25, 0.3) is 11.1 Å². The van der Waals surface area contributed by atoms with Crippen LogP contribution < -0.4 is 21.8 Å². The molecular formula is C26H29N5O4. The smallest absolute Gasteiger partial charge is 0.267 e. The molecule has 0 spiro atoms. The molecule has 0 aliphatic rings. The van der Waals surface area contributed by atoms with Gasteiger partial charge in [-0.3, -0.25) is 24.5 Å². The fourth-order valence-corrected chi connectivity index (χ4v) is 3.51. The van der Waals surface area contributed by atoms with Crippen molar-refractivity contribution in [1.29, 1.82) is 0 Å². The lowest BCUT2D eigenvalue weighted by Gasteiger charge is -2.16. The monoisotopic (exact) mass is 475 g/mol. The summed E-state index contributed by atoms with van der Waals surface area (Å²) in [6, 6.07) is 23.2. The van der Waals surface area contributed by atoms with Crippen LogP contribution in [0.3, 0.4) is 0 Å². The van der Waals surface area contributed by atoms with Crippen molar-refractivity contribution in [2.24, 2.45) is 5.73 Å². The molecule has 0 radical (unpaired) electrons. The van der Waals surface area contributed by atoms with Crippen LogP contribution in [0.4, 0.5) is 5.69 Å². The van der Waals surface area contributed by atoms with Gasteiger partial charge in [-0.15, -0.1) is 0 Å². The molecule has 6 N–H and O–H groups in total. The highest BCUT2D eigenvalue weighted by Crippen LogP contribution is 2.22. The largest absolute Gasteiger partial charge is 0.339 e. The Morgan fingerprint density at radius 3 is 2.09 bits per heavy atom. The molecule has 0 aromatic heterocycles. The van der Waals surface area contributed by atoms with Crippen LogP contribution in [0.1, 0.15) is 15.9 Å². The third kappa shape index (κ3) is 7.47. The van der Waals surface area contributed by atoms with Crippen molar-refractivity contribution in [1.82, 2.24) is 15.7 Å². The van der Waals surface area contributed by atoms with Gasteiger partial charge in [0.2, 0.25) is 5.91 Å². The van der Waals surface area contributed by atoms with Gasteiger partial charge in [-0.2, -0.15) is 0 Å². The number of rotatable bonds is 10. The molecule has 3 rings (SSSR count). The third-order valence-electron chi connectivity index (χ3n) is 5.33. The summed E-state index contributed by atoms with van der Waals surface area (Å²) in [5, 5.41) is 14.1. The average molecular weight is 476 g/mol. The van der Waals surface area contributed by atoms with E-state index in [4.69, 9.17) is 10.9 Å². The first-order valence-corrected chi connectivity index (χ1v) is 11.1. The Bertz CT molecular complexity index is 1130. The molecule has 3 aromatic rings. The van der Waals surface area contributed by atoms with Gasteiger partial charge in [0, 0.05) is 24.3 Å². The second kappa shape index (κ2) is 12.4. The molecule has 9 nitrogen and oxygen atoms in total. The second-order valence-electron chi connectivity index (χ2n) is 8.10. The highest BCUT2D eigenvalue weighted by molar-refractivity contribution is 5.98. The number of anilines is 1. The Morgan fingerprint density at radius 2 is 1.51 bits per heavy atom. The second-order valence-corrected chi connectivity index (χ2v) is 8.10. The summed E-state index contributed by atoms with van der Waals surface area (Å²) in [6.45, 7) is 0.802. The van der Waals surface area contributed by atoms with Crippen molar-refractivity contribution < 1.29 is 19.6 Å². The highest BCUT2D eigenvalue weighted by atomic mass is 16.5. The van der Waals surface area contributed by atoms with Crippen molar-refractivity contribution in [3.63, 3.8) is 0 Å². The van der Waals surface area contributed by atoms with E-state index in [9.17, 15) is 14.4 Å². The molecule has 0 fully saturated rings. The standard InChI is InChI=1S/C26H29N5O4/c1-31(16-18-5-3-2-4-6-18)17-24(32)28-22-13-11-20(12-14-22)19-7-9-21(10-8-19)25(33)29-23(15-27)26(34)30-35/h2-14,23,35H,15-17,27H2,1H3,(H,28,32)(H,29,33)(H,30,34)/t23-/m0/s1. The molecule has 3 aromatic carbocycles. The average Bonchev–Trinajstić information content (AvgIpc) is 2.87. The zero-order valence-corrected chi connectivity index (χ0v) is 19.4. The molecule has 0 bridgehead atoms. The molecular weight excluding hydrogens is 446 g/mol. The van der Waals surface area contributed by atoms with E-state index < -0.39 is 17.9 Å².